The molecule has 3 nitrogen and oxygen atoms in total. The van der Waals surface area contributed by atoms with Gasteiger partial charge in [-0.25, -0.2) is 0 Å². The molecule has 0 atom stereocenters. The van der Waals surface area contributed by atoms with Crippen molar-refractivity contribution in [2.24, 2.45) is 5.41 Å². The van der Waals surface area contributed by atoms with Gasteiger partial charge in [-0.3, -0.25) is 0 Å². The number of allylic oxidation sites excluding steroid dienone is 1. The fourth-order valence-corrected chi connectivity index (χ4v) is 0.816. The quantitative estimate of drug-likeness (QED) is 0.384. The Morgan fingerprint density at radius 3 is 1.93 bits per heavy atom. The van der Waals surface area contributed by atoms with Gasteiger partial charge in [0.1, 0.15) is 0 Å². The van der Waals surface area contributed by atoms with Crippen molar-refractivity contribution in [2.45, 2.75) is 20.8 Å². The molecule has 0 heterocycles. The van der Waals surface area contributed by atoms with Gasteiger partial charge in [-0.15, -0.1) is 5.76 Å². The molecule has 84 valence electrons. The van der Waals surface area contributed by atoms with Crippen LogP contribution in [0.15, 0.2) is 12.0 Å². The molecule has 0 aliphatic rings. The molecule has 0 aromatic rings. The predicted octanol–water partition coefficient (Wildman–Crippen LogP) is -2.27. The first-order chi connectivity index (χ1) is 6.23. The maximum atomic E-state index is 11.6. The molecule has 0 aromatic carbocycles. The van der Waals surface area contributed by atoms with E-state index in [1.165, 1.54) is 0 Å². The summed E-state index contributed by atoms with van der Waals surface area (Å²) in [6.07, 6.45) is 1.70. The van der Waals surface area contributed by atoms with Crippen molar-refractivity contribution in [3.63, 3.8) is 0 Å². The first-order valence-corrected chi connectivity index (χ1v) is 4.98. The normalized spacial score (nSPS) is 12.6. The molecule has 0 bridgehead atoms. The van der Waals surface area contributed by atoms with E-state index in [1.54, 1.807) is 6.20 Å². The van der Waals surface area contributed by atoms with Crippen LogP contribution in [0.25, 0.3) is 0 Å². The van der Waals surface area contributed by atoms with E-state index >= 15 is 0 Å². The molecule has 0 fully saturated rings. The molecular formula is C11H23LiN2O. The van der Waals surface area contributed by atoms with Gasteiger partial charge in [-0.1, -0.05) is 20.8 Å². The molecule has 0 rings (SSSR count). The van der Waals surface area contributed by atoms with E-state index in [-0.39, 0.29) is 30.0 Å². The third kappa shape index (κ3) is 8.86. The van der Waals surface area contributed by atoms with E-state index in [1.807, 2.05) is 46.8 Å². The number of nitrogens with zero attached hydrogens (tertiary/aromatic N) is 2. The van der Waals surface area contributed by atoms with Crippen LogP contribution in [0.3, 0.4) is 0 Å². The van der Waals surface area contributed by atoms with E-state index < -0.39 is 0 Å². The smallest absolute Gasteiger partial charge is 0.874 e. The van der Waals surface area contributed by atoms with Crippen molar-refractivity contribution >= 4 is 0 Å². The van der Waals surface area contributed by atoms with Crippen LogP contribution in [-0.4, -0.2) is 44.0 Å². The zero-order chi connectivity index (χ0) is 11.4. The van der Waals surface area contributed by atoms with E-state index in [0.717, 1.165) is 13.1 Å². The number of rotatable bonds is 4. The molecule has 0 radical (unpaired) electrons. The molecule has 0 N–H and O–H groups in total. The second kappa shape index (κ2) is 7.22. The van der Waals surface area contributed by atoms with Gasteiger partial charge in [0.05, 0.1) is 0 Å². The Bertz CT molecular complexity index is 197. The zero-order valence-corrected chi connectivity index (χ0v) is 11.3. The van der Waals surface area contributed by atoms with Gasteiger partial charge in [0.2, 0.25) is 0 Å². The van der Waals surface area contributed by atoms with Crippen molar-refractivity contribution in [1.82, 2.24) is 9.80 Å². The van der Waals surface area contributed by atoms with Gasteiger partial charge in [-0.2, -0.15) is 0 Å². The SMILES string of the molecule is CN(C)CCN(C)C=C([O-])C(C)(C)C.[Li+]. The summed E-state index contributed by atoms with van der Waals surface area (Å²) in [4.78, 5) is 4.06. The molecule has 0 aliphatic heterocycles. The summed E-state index contributed by atoms with van der Waals surface area (Å²) in [5.41, 5.74) is -0.271. The molecule has 0 saturated heterocycles. The van der Waals surface area contributed by atoms with Gasteiger partial charge in [0.25, 0.3) is 0 Å². The molecule has 0 aliphatic carbocycles. The van der Waals surface area contributed by atoms with Crippen molar-refractivity contribution in [2.75, 3.05) is 34.2 Å². The van der Waals surface area contributed by atoms with Crippen LogP contribution in [0.4, 0.5) is 0 Å². The fourth-order valence-electron chi connectivity index (χ4n) is 0.816. The van der Waals surface area contributed by atoms with Crippen molar-refractivity contribution in [1.29, 1.82) is 0 Å². The molecule has 15 heavy (non-hydrogen) atoms. The zero-order valence-electron chi connectivity index (χ0n) is 11.3. The Labute approximate surface area is 106 Å². The molecule has 0 unspecified atom stereocenters. The van der Waals surface area contributed by atoms with Gasteiger partial charge in [0, 0.05) is 20.1 Å². The summed E-state index contributed by atoms with van der Waals surface area (Å²) >= 11 is 0. The van der Waals surface area contributed by atoms with Crippen molar-refractivity contribution in [3.8, 4) is 0 Å². The average molecular weight is 206 g/mol. The predicted molar refractivity (Wildman–Crippen MR) is 58.7 cm³/mol. The third-order valence-corrected chi connectivity index (χ3v) is 1.98. The molecular weight excluding hydrogens is 183 g/mol. The maximum absolute atomic E-state index is 11.6. The monoisotopic (exact) mass is 206 g/mol. The third-order valence-electron chi connectivity index (χ3n) is 1.98. The van der Waals surface area contributed by atoms with Gasteiger partial charge >= 0.3 is 18.9 Å². The topological polar surface area (TPSA) is 29.5 Å². The summed E-state index contributed by atoms with van der Waals surface area (Å²) < 4.78 is 0. The van der Waals surface area contributed by atoms with Crippen LogP contribution in [0.5, 0.6) is 0 Å². The first kappa shape index (κ1) is 17.3. The van der Waals surface area contributed by atoms with E-state index in [2.05, 4.69) is 4.90 Å². The van der Waals surface area contributed by atoms with Gasteiger partial charge in [0.15, 0.2) is 0 Å². The minimum atomic E-state index is -0.271. The second-order valence-electron chi connectivity index (χ2n) is 5.03. The van der Waals surface area contributed by atoms with Crippen LogP contribution in [0.2, 0.25) is 0 Å². The van der Waals surface area contributed by atoms with Crippen LogP contribution >= 0.6 is 0 Å². The number of hydrogen-bond acceptors (Lipinski definition) is 3. The van der Waals surface area contributed by atoms with Crippen molar-refractivity contribution in [3.05, 3.63) is 12.0 Å². The molecule has 0 spiro atoms. The summed E-state index contributed by atoms with van der Waals surface area (Å²) in [7, 11) is 5.99. The Balaban J connectivity index is 0. The fraction of sp³-hybridized carbons (Fsp3) is 0.818. The van der Waals surface area contributed by atoms with E-state index in [4.69, 9.17) is 0 Å². The number of hydrogen-bond donors (Lipinski definition) is 0. The van der Waals surface area contributed by atoms with E-state index in [0.29, 0.717) is 0 Å². The molecule has 4 heteroatoms. The Morgan fingerprint density at radius 1 is 1.13 bits per heavy atom. The second-order valence-corrected chi connectivity index (χ2v) is 5.03. The van der Waals surface area contributed by atoms with Crippen LogP contribution in [0.1, 0.15) is 20.8 Å². The average Bonchev–Trinajstić information content (AvgIpc) is 1.99. The van der Waals surface area contributed by atoms with Gasteiger partial charge in [-0.05, 0) is 25.7 Å². The maximum Gasteiger partial charge on any atom is 1.00 e. The van der Waals surface area contributed by atoms with Crippen LogP contribution in [-0.2, 0) is 0 Å². The molecule has 0 aromatic heterocycles. The Hall–Kier alpha value is -0.103. The van der Waals surface area contributed by atoms with Crippen LogP contribution in [0, 0.1) is 5.41 Å². The van der Waals surface area contributed by atoms with Crippen LogP contribution < -0.4 is 24.0 Å². The Kier molecular flexibility index (Phi) is 8.32. The minimum Gasteiger partial charge on any atom is -0.874 e. The summed E-state index contributed by atoms with van der Waals surface area (Å²) in [5, 5.41) is 11.6. The standard InChI is InChI=1S/C11H24N2O.Li/c1-11(2,3)10(14)9-13(6)8-7-12(4)5;/h9,14H,7-8H2,1-6H3;/q;+1/p-1. The summed E-state index contributed by atoms with van der Waals surface area (Å²) in [6, 6.07) is 0. The Morgan fingerprint density at radius 2 is 1.60 bits per heavy atom. The minimum absolute atomic E-state index is 0. The number of likely N-dealkylation sites (N-methyl/N-ethyl adjacent to an activating group) is 2. The molecule has 0 amide bonds. The van der Waals surface area contributed by atoms with Crippen molar-refractivity contribution < 1.29 is 24.0 Å². The first-order valence-electron chi connectivity index (χ1n) is 4.98. The summed E-state index contributed by atoms with van der Waals surface area (Å²) in [6.45, 7) is 7.65. The van der Waals surface area contributed by atoms with E-state index in [9.17, 15) is 5.11 Å². The molecule has 0 saturated carbocycles. The largest absolute Gasteiger partial charge is 1.00 e. The van der Waals surface area contributed by atoms with Gasteiger partial charge < -0.3 is 14.9 Å². The summed E-state index contributed by atoms with van der Waals surface area (Å²) in [5.74, 6) is 0.179.